The lowest BCUT2D eigenvalue weighted by Crippen LogP contribution is -2.40. The minimum atomic E-state index is -3.91. The van der Waals surface area contributed by atoms with E-state index in [1.54, 1.807) is 13.0 Å². The van der Waals surface area contributed by atoms with Crippen molar-refractivity contribution in [1.29, 1.82) is 0 Å². The highest BCUT2D eigenvalue weighted by Gasteiger charge is 2.37. The molecule has 3 N–H and O–H groups in total. The number of amides is 2. The Bertz CT molecular complexity index is 807. The van der Waals surface area contributed by atoms with Crippen molar-refractivity contribution in [3.05, 3.63) is 24.3 Å². The number of hydrogen-bond donors (Lipinski definition) is 2. The Kier molecular flexibility index (Phi) is 5.43. The number of rotatable bonds is 6. The molecule has 136 valence electrons. The molecule has 1 aromatic rings. The molecule has 2 rings (SSSR count). The number of nitrogens with zero attached hydrogens (tertiary/aromatic N) is 2. The second kappa shape index (κ2) is 7.19. The van der Waals surface area contributed by atoms with Gasteiger partial charge in [-0.25, -0.2) is 13.6 Å². The quantitative estimate of drug-likeness (QED) is 0.701. The normalized spacial score (nSPS) is 17.6. The standard InChI is InChI=1S/C15H19N3O6S/c1-2-17(9-14(20)21)15(22)10-6-13(19)18(8-10)11-4-3-5-12(7-11)25(16,23)24/h3-5,7,10H,2,6,8-9H2,1H3,(H,20,21)(H2,16,23,24). The zero-order valence-electron chi connectivity index (χ0n) is 13.6. The van der Waals surface area contributed by atoms with Gasteiger partial charge in [-0.3, -0.25) is 14.4 Å². The van der Waals surface area contributed by atoms with Crippen LogP contribution in [0.4, 0.5) is 5.69 Å². The van der Waals surface area contributed by atoms with Crippen LogP contribution >= 0.6 is 0 Å². The summed E-state index contributed by atoms with van der Waals surface area (Å²) in [5.41, 5.74) is 0.327. The van der Waals surface area contributed by atoms with Crippen LogP contribution in [0, 0.1) is 5.92 Å². The Labute approximate surface area is 145 Å². The molecule has 2 amide bonds. The van der Waals surface area contributed by atoms with E-state index in [-0.39, 0.29) is 30.3 Å². The number of hydrogen-bond acceptors (Lipinski definition) is 5. The van der Waals surface area contributed by atoms with Crippen molar-refractivity contribution < 1.29 is 27.9 Å². The van der Waals surface area contributed by atoms with Crippen LogP contribution in [0.1, 0.15) is 13.3 Å². The predicted octanol–water partition coefficient (Wildman–Crippen LogP) is -0.380. The molecule has 1 atom stereocenters. The van der Waals surface area contributed by atoms with Gasteiger partial charge in [0.2, 0.25) is 21.8 Å². The van der Waals surface area contributed by atoms with Crippen molar-refractivity contribution in [2.24, 2.45) is 11.1 Å². The number of benzene rings is 1. The summed E-state index contributed by atoms with van der Waals surface area (Å²) in [6.07, 6.45) is -0.0610. The van der Waals surface area contributed by atoms with Gasteiger partial charge in [0.1, 0.15) is 6.54 Å². The number of carboxylic acid groups (broad SMARTS) is 1. The van der Waals surface area contributed by atoms with Crippen LogP contribution < -0.4 is 10.0 Å². The second-order valence-corrected chi connectivity index (χ2v) is 7.26. The van der Waals surface area contributed by atoms with E-state index in [9.17, 15) is 22.8 Å². The molecule has 10 heteroatoms. The van der Waals surface area contributed by atoms with E-state index in [1.807, 2.05) is 0 Å². The highest BCUT2D eigenvalue weighted by molar-refractivity contribution is 7.89. The van der Waals surface area contributed by atoms with Gasteiger partial charge in [0.15, 0.2) is 0 Å². The first-order valence-electron chi connectivity index (χ1n) is 7.57. The van der Waals surface area contributed by atoms with Crippen molar-refractivity contribution in [2.75, 3.05) is 24.5 Å². The number of anilines is 1. The fourth-order valence-corrected chi connectivity index (χ4v) is 3.27. The molecule has 1 fully saturated rings. The zero-order chi connectivity index (χ0) is 18.8. The van der Waals surface area contributed by atoms with Gasteiger partial charge in [-0.05, 0) is 25.1 Å². The Hall–Kier alpha value is -2.46. The first-order valence-corrected chi connectivity index (χ1v) is 9.12. The highest BCUT2D eigenvalue weighted by atomic mass is 32.2. The van der Waals surface area contributed by atoms with E-state index in [2.05, 4.69) is 0 Å². The lowest BCUT2D eigenvalue weighted by Gasteiger charge is -2.22. The molecule has 1 aromatic carbocycles. The molecule has 0 bridgehead atoms. The molecular formula is C15H19N3O6S. The van der Waals surface area contributed by atoms with Gasteiger partial charge in [0.25, 0.3) is 0 Å². The molecule has 0 radical (unpaired) electrons. The summed E-state index contributed by atoms with van der Waals surface area (Å²) in [4.78, 5) is 37.9. The predicted molar refractivity (Wildman–Crippen MR) is 88.2 cm³/mol. The molecule has 0 aromatic heterocycles. The Morgan fingerprint density at radius 1 is 1.40 bits per heavy atom. The van der Waals surface area contributed by atoms with Crippen LogP contribution in [0.15, 0.2) is 29.2 Å². The Morgan fingerprint density at radius 2 is 2.08 bits per heavy atom. The van der Waals surface area contributed by atoms with Gasteiger partial charge in [0.05, 0.1) is 10.8 Å². The maximum Gasteiger partial charge on any atom is 0.323 e. The van der Waals surface area contributed by atoms with Gasteiger partial charge >= 0.3 is 5.97 Å². The molecule has 9 nitrogen and oxygen atoms in total. The number of carbonyl (C=O) groups is 3. The molecule has 1 unspecified atom stereocenters. The van der Waals surface area contributed by atoms with Gasteiger partial charge in [-0.15, -0.1) is 0 Å². The molecule has 0 spiro atoms. The third-order valence-electron chi connectivity index (χ3n) is 3.95. The van der Waals surface area contributed by atoms with Crippen LogP contribution in [0.2, 0.25) is 0 Å². The molecule has 0 saturated carbocycles. The number of aliphatic carboxylic acids is 1. The van der Waals surface area contributed by atoms with Crippen molar-refractivity contribution in [2.45, 2.75) is 18.2 Å². The highest BCUT2D eigenvalue weighted by Crippen LogP contribution is 2.27. The summed E-state index contributed by atoms with van der Waals surface area (Å²) < 4.78 is 22.9. The molecular weight excluding hydrogens is 350 g/mol. The van der Waals surface area contributed by atoms with E-state index in [0.717, 1.165) is 0 Å². The summed E-state index contributed by atoms with van der Waals surface area (Å²) >= 11 is 0. The molecule has 1 aliphatic heterocycles. The maximum atomic E-state index is 12.4. The topological polar surface area (TPSA) is 138 Å². The molecule has 1 heterocycles. The van der Waals surface area contributed by atoms with E-state index < -0.39 is 34.4 Å². The third-order valence-corrected chi connectivity index (χ3v) is 4.86. The van der Waals surface area contributed by atoms with Crippen molar-refractivity contribution in [1.82, 2.24) is 4.90 Å². The van der Waals surface area contributed by atoms with Gasteiger partial charge in [0, 0.05) is 25.2 Å². The minimum Gasteiger partial charge on any atom is -0.480 e. The largest absolute Gasteiger partial charge is 0.480 e. The van der Waals surface area contributed by atoms with Crippen LogP contribution in [-0.2, 0) is 24.4 Å². The van der Waals surface area contributed by atoms with E-state index >= 15 is 0 Å². The first-order chi connectivity index (χ1) is 11.6. The minimum absolute atomic E-state index is 0.0574. The van der Waals surface area contributed by atoms with Crippen molar-refractivity contribution in [3.8, 4) is 0 Å². The fourth-order valence-electron chi connectivity index (χ4n) is 2.72. The SMILES string of the molecule is CCN(CC(=O)O)C(=O)C1CC(=O)N(c2cccc(S(N)(=O)=O)c2)C1. The number of carbonyl (C=O) groups excluding carboxylic acids is 2. The first kappa shape index (κ1) is 18.9. The molecule has 1 aliphatic rings. The van der Waals surface area contributed by atoms with E-state index in [1.165, 1.54) is 28.0 Å². The number of primary sulfonamides is 1. The van der Waals surface area contributed by atoms with Crippen molar-refractivity contribution in [3.63, 3.8) is 0 Å². The summed E-state index contributed by atoms with van der Waals surface area (Å²) in [5, 5.41) is 13.9. The average Bonchev–Trinajstić information content (AvgIpc) is 2.93. The van der Waals surface area contributed by atoms with Gasteiger partial charge in [-0.2, -0.15) is 0 Å². The number of nitrogens with two attached hydrogens (primary N) is 1. The molecule has 25 heavy (non-hydrogen) atoms. The second-order valence-electron chi connectivity index (χ2n) is 5.69. The van der Waals surface area contributed by atoms with Crippen LogP contribution in [0.5, 0.6) is 0 Å². The summed E-state index contributed by atoms with van der Waals surface area (Å²) in [6.45, 7) is 1.50. The van der Waals surface area contributed by atoms with Crippen LogP contribution in [0.25, 0.3) is 0 Å². The molecule has 0 aliphatic carbocycles. The summed E-state index contributed by atoms with van der Waals surface area (Å²) in [6, 6.07) is 5.59. The van der Waals surface area contributed by atoms with Crippen LogP contribution in [-0.4, -0.2) is 55.8 Å². The summed E-state index contributed by atoms with van der Waals surface area (Å²) in [5.74, 6) is -2.55. The van der Waals surface area contributed by atoms with E-state index in [0.29, 0.717) is 5.69 Å². The smallest absolute Gasteiger partial charge is 0.323 e. The maximum absolute atomic E-state index is 12.4. The van der Waals surface area contributed by atoms with Crippen molar-refractivity contribution >= 4 is 33.5 Å². The lowest BCUT2D eigenvalue weighted by molar-refractivity contribution is -0.146. The van der Waals surface area contributed by atoms with E-state index in [4.69, 9.17) is 10.2 Å². The van der Waals surface area contributed by atoms with Gasteiger partial charge in [-0.1, -0.05) is 6.07 Å². The summed E-state index contributed by atoms with van der Waals surface area (Å²) in [7, 11) is -3.91. The third kappa shape index (κ3) is 4.34. The number of likely N-dealkylation sites (N-methyl/N-ethyl adjacent to an activating group) is 1. The Balaban J connectivity index is 2.20. The lowest BCUT2D eigenvalue weighted by atomic mass is 10.1. The average molecular weight is 369 g/mol. The number of sulfonamides is 1. The van der Waals surface area contributed by atoms with Crippen LogP contribution in [0.3, 0.4) is 0 Å². The van der Waals surface area contributed by atoms with Gasteiger partial charge < -0.3 is 14.9 Å². The number of carboxylic acids is 1. The zero-order valence-corrected chi connectivity index (χ0v) is 14.4. The fraction of sp³-hybridized carbons (Fsp3) is 0.400. The Morgan fingerprint density at radius 3 is 2.64 bits per heavy atom. The molecule has 1 saturated heterocycles. The monoisotopic (exact) mass is 369 g/mol.